The zero-order valence-electron chi connectivity index (χ0n) is 9.24. The highest BCUT2D eigenvalue weighted by Crippen LogP contribution is 2.34. The molecule has 1 aliphatic rings. The van der Waals surface area contributed by atoms with Gasteiger partial charge in [0.15, 0.2) is 0 Å². The van der Waals surface area contributed by atoms with Crippen molar-refractivity contribution in [2.75, 3.05) is 18.1 Å². The van der Waals surface area contributed by atoms with E-state index < -0.39 is 11.7 Å². The molecule has 17 heavy (non-hydrogen) atoms. The molecule has 0 unspecified atom stereocenters. The lowest BCUT2D eigenvalue weighted by atomic mass is 10.2. The predicted octanol–water partition coefficient (Wildman–Crippen LogP) is 2.67. The molecule has 0 radical (unpaired) electrons. The van der Waals surface area contributed by atoms with Crippen molar-refractivity contribution in [2.45, 2.75) is 25.1 Å². The number of hydrogen-bond donors (Lipinski definition) is 1. The Kier molecular flexibility index (Phi) is 3.28. The van der Waals surface area contributed by atoms with Crippen molar-refractivity contribution >= 4 is 5.69 Å². The minimum Gasteiger partial charge on any atom is -0.395 e. The van der Waals surface area contributed by atoms with Crippen LogP contribution in [-0.4, -0.2) is 24.3 Å². The molecule has 1 aliphatic carbocycles. The lowest BCUT2D eigenvalue weighted by molar-refractivity contribution is -0.137. The molecule has 1 N–H and O–H groups in total. The van der Waals surface area contributed by atoms with Crippen LogP contribution in [0.3, 0.4) is 0 Å². The Morgan fingerprint density at radius 2 is 1.76 bits per heavy atom. The largest absolute Gasteiger partial charge is 0.416 e. The Labute approximate surface area is 97.7 Å². The molecule has 0 aliphatic heterocycles. The second kappa shape index (κ2) is 4.56. The van der Waals surface area contributed by atoms with Gasteiger partial charge < -0.3 is 10.0 Å². The first-order valence-electron chi connectivity index (χ1n) is 5.57. The van der Waals surface area contributed by atoms with E-state index in [0.717, 1.165) is 30.7 Å². The van der Waals surface area contributed by atoms with Crippen LogP contribution in [-0.2, 0) is 6.18 Å². The van der Waals surface area contributed by atoms with Gasteiger partial charge in [-0.1, -0.05) is 0 Å². The maximum Gasteiger partial charge on any atom is 0.416 e. The number of benzene rings is 1. The highest BCUT2D eigenvalue weighted by molar-refractivity contribution is 5.50. The van der Waals surface area contributed by atoms with Crippen molar-refractivity contribution in [3.63, 3.8) is 0 Å². The van der Waals surface area contributed by atoms with Gasteiger partial charge in [0.2, 0.25) is 0 Å². The zero-order valence-corrected chi connectivity index (χ0v) is 9.24. The smallest absolute Gasteiger partial charge is 0.395 e. The van der Waals surface area contributed by atoms with Gasteiger partial charge in [-0.3, -0.25) is 0 Å². The van der Waals surface area contributed by atoms with Crippen LogP contribution in [0, 0.1) is 0 Å². The Hall–Kier alpha value is -1.23. The summed E-state index contributed by atoms with van der Waals surface area (Å²) in [7, 11) is 0. The van der Waals surface area contributed by atoms with Gasteiger partial charge in [-0.25, -0.2) is 0 Å². The third-order valence-corrected chi connectivity index (χ3v) is 2.85. The molecule has 0 atom stereocenters. The maximum absolute atomic E-state index is 12.4. The summed E-state index contributed by atoms with van der Waals surface area (Å²) in [6, 6.07) is 5.48. The second-order valence-electron chi connectivity index (χ2n) is 4.19. The first-order valence-corrected chi connectivity index (χ1v) is 5.57. The molecule has 1 aromatic rings. The highest BCUT2D eigenvalue weighted by atomic mass is 19.4. The van der Waals surface area contributed by atoms with Gasteiger partial charge in [0.1, 0.15) is 0 Å². The number of hydrogen-bond acceptors (Lipinski definition) is 2. The molecule has 1 saturated carbocycles. The van der Waals surface area contributed by atoms with Crippen molar-refractivity contribution in [1.29, 1.82) is 0 Å². The van der Waals surface area contributed by atoms with Crippen LogP contribution >= 0.6 is 0 Å². The summed E-state index contributed by atoms with van der Waals surface area (Å²) in [5, 5.41) is 8.94. The first kappa shape index (κ1) is 12.2. The van der Waals surface area contributed by atoms with E-state index in [2.05, 4.69) is 0 Å². The third kappa shape index (κ3) is 2.91. The summed E-state index contributed by atoms with van der Waals surface area (Å²) in [5.74, 6) is 0. The Morgan fingerprint density at radius 3 is 2.18 bits per heavy atom. The van der Waals surface area contributed by atoms with Crippen LogP contribution in [0.5, 0.6) is 0 Å². The minimum absolute atomic E-state index is 0.0114. The van der Waals surface area contributed by atoms with Gasteiger partial charge in [-0.05, 0) is 37.1 Å². The number of rotatable bonds is 4. The molecule has 94 valence electrons. The Bertz CT molecular complexity index is 370. The van der Waals surface area contributed by atoms with E-state index in [0.29, 0.717) is 12.6 Å². The van der Waals surface area contributed by atoms with Gasteiger partial charge in [-0.2, -0.15) is 13.2 Å². The molecule has 5 heteroatoms. The second-order valence-corrected chi connectivity index (χ2v) is 4.19. The summed E-state index contributed by atoms with van der Waals surface area (Å²) in [6.07, 6.45) is -2.21. The van der Waals surface area contributed by atoms with Crippen LogP contribution in [0.25, 0.3) is 0 Å². The van der Waals surface area contributed by atoms with E-state index in [4.69, 9.17) is 5.11 Å². The maximum atomic E-state index is 12.4. The van der Waals surface area contributed by atoms with Gasteiger partial charge in [0.25, 0.3) is 0 Å². The fourth-order valence-electron chi connectivity index (χ4n) is 1.86. The lowest BCUT2D eigenvalue weighted by Crippen LogP contribution is -2.28. The fourth-order valence-corrected chi connectivity index (χ4v) is 1.86. The van der Waals surface area contributed by atoms with Crippen molar-refractivity contribution in [2.24, 2.45) is 0 Å². The van der Waals surface area contributed by atoms with E-state index in [1.54, 1.807) is 0 Å². The van der Waals surface area contributed by atoms with Crippen LogP contribution in [0.4, 0.5) is 18.9 Å². The standard InChI is InChI=1S/C12H14F3NO/c13-12(14,15)9-1-3-10(4-2-9)16(7-8-17)11-5-6-11/h1-4,11,17H,5-8H2. The number of aliphatic hydroxyl groups is 1. The topological polar surface area (TPSA) is 23.5 Å². The van der Waals surface area contributed by atoms with Gasteiger partial charge in [0, 0.05) is 18.3 Å². The quantitative estimate of drug-likeness (QED) is 0.881. The summed E-state index contributed by atoms with van der Waals surface area (Å²) in [4.78, 5) is 1.96. The van der Waals surface area contributed by atoms with Crippen molar-refractivity contribution in [1.82, 2.24) is 0 Å². The molecule has 2 nitrogen and oxygen atoms in total. The van der Waals surface area contributed by atoms with E-state index >= 15 is 0 Å². The number of anilines is 1. The van der Waals surface area contributed by atoms with Gasteiger partial charge in [-0.15, -0.1) is 0 Å². The van der Waals surface area contributed by atoms with E-state index in [1.807, 2.05) is 4.90 Å². The highest BCUT2D eigenvalue weighted by Gasteiger charge is 2.32. The molecule has 2 rings (SSSR count). The molecule has 1 aromatic carbocycles. The molecule has 0 aromatic heterocycles. The van der Waals surface area contributed by atoms with Crippen LogP contribution in [0.15, 0.2) is 24.3 Å². The van der Waals surface area contributed by atoms with Crippen LogP contribution in [0.2, 0.25) is 0 Å². The van der Waals surface area contributed by atoms with Crippen molar-refractivity contribution < 1.29 is 18.3 Å². The Balaban J connectivity index is 2.15. The minimum atomic E-state index is -4.29. The summed E-state index contributed by atoms with van der Waals surface area (Å²) >= 11 is 0. The van der Waals surface area contributed by atoms with E-state index in [1.165, 1.54) is 12.1 Å². The van der Waals surface area contributed by atoms with Gasteiger partial charge in [0.05, 0.1) is 12.2 Å². The number of nitrogens with zero attached hydrogens (tertiary/aromatic N) is 1. The van der Waals surface area contributed by atoms with Crippen molar-refractivity contribution in [3.8, 4) is 0 Å². The van der Waals surface area contributed by atoms with Gasteiger partial charge >= 0.3 is 6.18 Å². The summed E-state index contributed by atoms with van der Waals surface area (Å²) in [6.45, 7) is 0.480. The lowest BCUT2D eigenvalue weighted by Gasteiger charge is -2.24. The number of halogens is 3. The molecular weight excluding hydrogens is 231 g/mol. The van der Waals surface area contributed by atoms with Crippen LogP contribution in [0.1, 0.15) is 18.4 Å². The van der Waals surface area contributed by atoms with Crippen LogP contribution < -0.4 is 4.90 Å². The fraction of sp³-hybridized carbons (Fsp3) is 0.500. The van der Waals surface area contributed by atoms with E-state index in [9.17, 15) is 13.2 Å². The zero-order chi connectivity index (χ0) is 12.5. The molecule has 0 saturated heterocycles. The van der Waals surface area contributed by atoms with E-state index in [-0.39, 0.29) is 6.61 Å². The molecule has 0 amide bonds. The Morgan fingerprint density at radius 1 is 1.18 bits per heavy atom. The average Bonchev–Trinajstić information content (AvgIpc) is 3.09. The summed E-state index contributed by atoms with van der Waals surface area (Å²) in [5.41, 5.74) is 0.107. The summed E-state index contributed by atoms with van der Waals surface area (Å²) < 4.78 is 37.2. The molecule has 1 fully saturated rings. The SMILES string of the molecule is OCCN(c1ccc(C(F)(F)F)cc1)C1CC1. The predicted molar refractivity (Wildman–Crippen MR) is 58.9 cm³/mol. The monoisotopic (exact) mass is 245 g/mol. The molecular formula is C12H14F3NO. The molecule has 0 spiro atoms. The first-order chi connectivity index (χ1) is 8.02. The normalized spacial score (nSPS) is 16.0. The molecule has 0 heterocycles. The number of alkyl halides is 3. The number of aliphatic hydroxyl groups excluding tert-OH is 1. The third-order valence-electron chi connectivity index (χ3n) is 2.85. The average molecular weight is 245 g/mol. The van der Waals surface area contributed by atoms with Crippen molar-refractivity contribution in [3.05, 3.63) is 29.8 Å². The molecule has 0 bridgehead atoms.